The highest BCUT2D eigenvalue weighted by Crippen LogP contribution is 2.29. The number of ether oxygens (including phenoxy) is 3. The number of hydrogen-bond donors (Lipinski definition) is 1. The third kappa shape index (κ3) is 9.97. The summed E-state index contributed by atoms with van der Waals surface area (Å²) in [5.74, 6) is -4.91. The molecule has 0 aliphatic heterocycles. The molecule has 0 saturated heterocycles. The summed E-state index contributed by atoms with van der Waals surface area (Å²) in [6.45, 7) is 0.657. The number of aromatic nitrogens is 2. The zero-order valence-corrected chi connectivity index (χ0v) is 26.7. The van der Waals surface area contributed by atoms with Gasteiger partial charge in [-0.2, -0.15) is 10.5 Å². The van der Waals surface area contributed by atoms with Crippen LogP contribution in [0.5, 0.6) is 11.8 Å². The van der Waals surface area contributed by atoms with E-state index in [1.165, 1.54) is 31.2 Å². The Morgan fingerprint density at radius 2 is 1.20 bits per heavy atom. The summed E-state index contributed by atoms with van der Waals surface area (Å²) in [4.78, 5) is 29.7. The number of aromatic carboxylic acids is 1. The van der Waals surface area contributed by atoms with Crippen molar-refractivity contribution in [1.29, 1.82) is 10.5 Å². The van der Waals surface area contributed by atoms with Crippen LogP contribution in [0.4, 0.5) is 26.3 Å². The summed E-state index contributed by atoms with van der Waals surface area (Å²) >= 11 is 11.5. The molecule has 0 fully saturated rings. The number of hydrogen-bond acceptors (Lipinski definition) is 9. The second kappa shape index (κ2) is 17.7. The Labute approximate surface area is 289 Å². The van der Waals surface area contributed by atoms with Crippen molar-refractivity contribution in [2.45, 2.75) is 33.0 Å². The van der Waals surface area contributed by atoms with Gasteiger partial charge in [-0.3, -0.25) is 0 Å². The fourth-order valence-electron chi connectivity index (χ4n) is 3.88. The van der Waals surface area contributed by atoms with E-state index in [1.54, 1.807) is 12.1 Å². The predicted octanol–water partition coefficient (Wildman–Crippen LogP) is 8.40. The molecule has 0 radical (unpaired) electrons. The van der Waals surface area contributed by atoms with E-state index in [9.17, 15) is 41.2 Å². The number of rotatable bonds is 11. The largest absolute Gasteiger partial charge is 0.478 e. The Morgan fingerprint density at radius 3 is 1.58 bits per heavy atom. The molecule has 10 nitrogen and oxygen atoms in total. The summed E-state index contributed by atoms with van der Waals surface area (Å²) in [6.07, 6.45) is -6.29. The molecule has 2 heterocycles. The average molecular weight is 741 g/mol. The van der Waals surface area contributed by atoms with E-state index >= 15 is 0 Å². The molecule has 0 bridgehead atoms. The fraction of sp³-hybridized carbons (Fsp3) is 0.188. The van der Waals surface area contributed by atoms with Crippen molar-refractivity contribution in [2.75, 3.05) is 6.61 Å². The van der Waals surface area contributed by atoms with Gasteiger partial charge in [0.05, 0.1) is 17.7 Å². The smallest absolute Gasteiger partial charge is 0.340 e. The first kappa shape index (κ1) is 38.9. The second-order valence-corrected chi connectivity index (χ2v) is 10.3. The number of nitrogens with zero attached hydrogens (tertiary/aromatic N) is 4. The van der Waals surface area contributed by atoms with Crippen molar-refractivity contribution in [3.8, 4) is 23.9 Å². The van der Waals surface area contributed by atoms with Crippen LogP contribution in [-0.4, -0.2) is 33.6 Å². The number of nitriles is 2. The number of halogens is 8. The quantitative estimate of drug-likeness (QED) is 0.117. The monoisotopic (exact) mass is 740 g/mol. The Kier molecular flexibility index (Phi) is 13.8. The summed E-state index contributed by atoms with van der Waals surface area (Å²) in [5.41, 5.74) is -3.81. The van der Waals surface area contributed by atoms with Gasteiger partial charge in [-0.15, -0.1) is 0 Å². The van der Waals surface area contributed by atoms with Crippen molar-refractivity contribution in [3.05, 3.63) is 115 Å². The van der Waals surface area contributed by atoms with Crippen molar-refractivity contribution < 1.29 is 55.2 Å². The van der Waals surface area contributed by atoms with Gasteiger partial charge in [0.25, 0.3) is 12.9 Å². The lowest BCUT2D eigenvalue weighted by atomic mass is 10.1. The maximum absolute atomic E-state index is 13.7. The lowest BCUT2D eigenvalue weighted by Crippen LogP contribution is -2.12. The van der Waals surface area contributed by atoms with Crippen LogP contribution in [-0.2, 0) is 18.0 Å². The molecule has 0 aliphatic carbocycles. The van der Waals surface area contributed by atoms with Gasteiger partial charge in [0.15, 0.2) is 0 Å². The van der Waals surface area contributed by atoms with E-state index in [2.05, 4.69) is 14.7 Å². The Hall–Kier alpha value is -5.58. The number of carbonyl (C=O) groups excluding carboxylic acids is 1. The van der Waals surface area contributed by atoms with Crippen LogP contribution in [0.2, 0.25) is 10.0 Å². The first-order valence-corrected chi connectivity index (χ1v) is 14.5. The molecule has 260 valence electrons. The summed E-state index contributed by atoms with van der Waals surface area (Å²) in [7, 11) is 0. The molecule has 0 aliphatic rings. The van der Waals surface area contributed by atoms with Gasteiger partial charge in [0.2, 0.25) is 11.8 Å². The highest BCUT2D eigenvalue weighted by molar-refractivity contribution is 6.30. The second-order valence-electron chi connectivity index (χ2n) is 9.45. The molecule has 0 amide bonds. The van der Waals surface area contributed by atoms with Crippen molar-refractivity contribution in [1.82, 2.24) is 9.97 Å². The van der Waals surface area contributed by atoms with E-state index in [1.807, 2.05) is 0 Å². The van der Waals surface area contributed by atoms with Crippen LogP contribution in [0, 0.1) is 34.3 Å². The van der Waals surface area contributed by atoms with Crippen LogP contribution >= 0.6 is 23.2 Å². The lowest BCUT2D eigenvalue weighted by molar-refractivity contribution is 0.0512. The third-order valence-corrected chi connectivity index (χ3v) is 6.63. The molecule has 4 rings (SSSR count). The van der Waals surface area contributed by atoms with E-state index in [4.69, 9.17) is 43.0 Å². The van der Waals surface area contributed by atoms with E-state index in [-0.39, 0.29) is 38.9 Å². The molecule has 4 aromatic rings. The maximum atomic E-state index is 13.7. The van der Waals surface area contributed by atoms with Gasteiger partial charge in [-0.1, -0.05) is 23.2 Å². The molecule has 1 N–H and O–H groups in total. The van der Waals surface area contributed by atoms with Crippen molar-refractivity contribution >= 4 is 35.1 Å². The molecule has 2 aromatic heterocycles. The highest BCUT2D eigenvalue weighted by Gasteiger charge is 2.26. The minimum absolute atomic E-state index is 0.0223. The Balaban J connectivity index is 0.000000271. The molecule has 0 saturated carbocycles. The topological polar surface area (TPSA) is 155 Å². The highest BCUT2D eigenvalue weighted by atomic mass is 35.5. The van der Waals surface area contributed by atoms with Gasteiger partial charge in [-0.25, -0.2) is 45.9 Å². The molecule has 0 spiro atoms. The minimum Gasteiger partial charge on any atom is -0.478 e. The van der Waals surface area contributed by atoms with E-state index in [0.29, 0.717) is 0 Å². The van der Waals surface area contributed by atoms with Gasteiger partial charge in [0, 0.05) is 21.2 Å². The average Bonchev–Trinajstić information content (AvgIpc) is 3.08. The van der Waals surface area contributed by atoms with Crippen molar-refractivity contribution in [3.63, 3.8) is 0 Å². The molecular weight excluding hydrogens is 721 g/mol. The zero-order valence-electron chi connectivity index (χ0n) is 25.2. The third-order valence-electron chi connectivity index (χ3n) is 6.16. The number of carboxylic acid groups (broad SMARTS) is 1. The number of carbonyl (C=O) groups is 2. The summed E-state index contributed by atoms with van der Waals surface area (Å²) in [6, 6.07) is 12.4. The summed E-state index contributed by atoms with van der Waals surface area (Å²) in [5, 5.41) is 27.6. The Morgan fingerprint density at radius 1 is 0.780 bits per heavy atom. The van der Waals surface area contributed by atoms with Crippen LogP contribution < -0.4 is 9.47 Å². The Bertz CT molecular complexity index is 1990. The first-order valence-electron chi connectivity index (χ1n) is 13.7. The SMILES string of the molecule is CCOC(=O)c1cc(C#N)c(OCc2cc(Cl)ccc2F)nc1C(F)F.N#Cc1cc(C(=O)O)c(C(F)F)nc1OCc1cc(Cl)ccc1F. The first-order chi connectivity index (χ1) is 23.7. The molecule has 2 aromatic carbocycles. The standard InChI is InChI=1S/C17H12ClF3N2O3.C15H8ClF3N2O3/c1-2-25-17(24)12-6-9(7-22)16(23-14(12)15(20)21)26-8-10-5-11(18)3-4-13(10)19;16-9-1-2-11(17)8(3-9)6-24-14-7(5-20)4-10(15(22)23)12(21-14)13(18)19/h3-6,15H,2,8H2,1H3;1-4,13H,6H2,(H,22,23). The van der Waals surface area contributed by atoms with Crippen molar-refractivity contribution in [2.24, 2.45) is 0 Å². The van der Waals surface area contributed by atoms with Gasteiger partial charge in [-0.05, 0) is 55.5 Å². The van der Waals surface area contributed by atoms with Gasteiger partial charge < -0.3 is 19.3 Å². The number of esters is 1. The van der Waals surface area contributed by atoms with Crippen LogP contribution in [0.25, 0.3) is 0 Å². The van der Waals surface area contributed by atoms with Crippen LogP contribution in [0.1, 0.15) is 74.1 Å². The van der Waals surface area contributed by atoms with Crippen LogP contribution in [0.3, 0.4) is 0 Å². The van der Waals surface area contributed by atoms with E-state index < -0.39 is 83.9 Å². The number of carboxylic acids is 1. The molecular formula is C32H20Cl2F6N4O6. The summed E-state index contributed by atoms with van der Waals surface area (Å²) < 4.78 is 94.7. The zero-order chi connectivity index (χ0) is 37.1. The van der Waals surface area contributed by atoms with Crippen LogP contribution in [0.15, 0.2) is 48.5 Å². The molecule has 18 heteroatoms. The molecule has 50 heavy (non-hydrogen) atoms. The fourth-order valence-corrected chi connectivity index (χ4v) is 4.27. The van der Waals surface area contributed by atoms with Gasteiger partial charge >= 0.3 is 11.9 Å². The van der Waals surface area contributed by atoms with E-state index in [0.717, 1.165) is 24.3 Å². The lowest BCUT2D eigenvalue weighted by Gasteiger charge is -2.12. The minimum atomic E-state index is -3.19. The van der Waals surface area contributed by atoms with Gasteiger partial charge in [0.1, 0.15) is 59.5 Å². The number of benzene rings is 2. The normalized spacial score (nSPS) is 10.5. The number of pyridine rings is 2. The number of alkyl halides is 4. The molecule has 0 unspecified atom stereocenters. The maximum Gasteiger partial charge on any atom is 0.340 e. The predicted molar refractivity (Wildman–Crippen MR) is 162 cm³/mol. The molecule has 0 atom stereocenters.